The van der Waals surface area contributed by atoms with E-state index in [4.69, 9.17) is 4.52 Å². The Hall–Kier alpha value is -1.24. The predicted molar refractivity (Wildman–Crippen MR) is 98.4 cm³/mol. The summed E-state index contributed by atoms with van der Waals surface area (Å²) in [6, 6.07) is 19.3. The van der Waals surface area contributed by atoms with Gasteiger partial charge in [0.2, 0.25) is 0 Å². The fourth-order valence-corrected chi connectivity index (χ4v) is 1.92. The Morgan fingerprint density at radius 3 is 2.15 bits per heavy atom. The first-order valence-electron chi connectivity index (χ1n) is 8.03. The minimum atomic E-state index is -0.0915. The van der Waals surface area contributed by atoms with Gasteiger partial charge in [-0.3, -0.25) is 4.79 Å². The Labute approximate surface area is 197 Å². The number of nitrogens with one attached hydrogen (secondary N) is 1. The summed E-state index contributed by atoms with van der Waals surface area (Å²) in [5.41, 5.74) is 2.65. The quantitative estimate of drug-likeness (QED) is 0.551. The van der Waals surface area contributed by atoms with Crippen molar-refractivity contribution >= 4 is 11.6 Å². The zero-order chi connectivity index (χ0) is 18.3. The molecule has 0 saturated heterocycles. The molecule has 0 radical (unpaired) electrons. The first kappa shape index (κ1) is 22.8. The van der Waals surface area contributed by atoms with Crippen LogP contribution in [0.25, 0.3) is 0 Å². The van der Waals surface area contributed by atoms with Crippen LogP contribution in [-0.2, 0) is 5.41 Å². The first-order valence-corrected chi connectivity index (χ1v) is 8.03. The molecule has 26 heavy (non-hydrogen) atoms. The number of aryl methyl sites for hydroxylation is 1. The molecule has 1 aromatic heterocycles. The van der Waals surface area contributed by atoms with Crippen LogP contribution in [0.1, 0.15) is 42.5 Å². The van der Waals surface area contributed by atoms with Crippen molar-refractivity contribution in [1.29, 1.82) is 0 Å². The van der Waals surface area contributed by atoms with Crippen LogP contribution in [0, 0.1) is 19.2 Å². The molecule has 1 amide bonds. The van der Waals surface area contributed by atoms with E-state index < -0.39 is 0 Å². The van der Waals surface area contributed by atoms with Crippen molar-refractivity contribution in [3.8, 4) is 0 Å². The molecule has 0 unspecified atom stereocenters. The third-order valence-corrected chi connectivity index (χ3v) is 3.42. The molecule has 3 rings (SSSR count). The predicted octanol–water partition coefficient (Wildman–Crippen LogP) is 1.82. The van der Waals surface area contributed by atoms with Gasteiger partial charge in [0, 0.05) is 5.56 Å². The van der Waals surface area contributed by atoms with Gasteiger partial charge < -0.3 is 9.84 Å². The molecule has 3 aromatic rings. The average molecular weight is 374 g/mol. The summed E-state index contributed by atoms with van der Waals surface area (Å²) in [6.45, 7) is 8.21. The minimum Gasteiger partial charge on any atom is -0.470 e. The fourth-order valence-electron chi connectivity index (χ4n) is 1.92. The van der Waals surface area contributed by atoms with Gasteiger partial charge in [-0.05, 0) is 30.2 Å². The molecule has 1 N–H and O–H groups in total. The third kappa shape index (κ3) is 7.56. The molecule has 1 heterocycles. The summed E-state index contributed by atoms with van der Waals surface area (Å²) in [5, 5.41) is 6.31. The molecule has 2 aromatic carbocycles. The molecule has 0 atom stereocenters. The Morgan fingerprint density at radius 1 is 1.08 bits per heavy atom. The number of hydrogen-bond donors (Lipinski definition) is 1. The van der Waals surface area contributed by atoms with E-state index in [0.29, 0.717) is 5.56 Å². The van der Waals surface area contributed by atoms with E-state index in [1.165, 1.54) is 0 Å². The number of anilines is 1. The molecule has 4 nitrogen and oxygen atoms in total. The summed E-state index contributed by atoms with van der Waals surface area (Å²) in [7, 11) is 0. The van der Waals surface area contributed by atoms with Gasteiger partial charge in [0.1, 0.15) is 0 Å². The normalized spacial score (nSPS) is 10.2. The van der Waals surface area contributed by atoms with Crippen molar-refractivity contribution < 1.29 is 60.7 Å². The Kier molecular flexibility index (Phi) is 9.47. The van der Waals surface area contributed by atoms with Gasteiger partial charge in [-0.25, -0.2) is 5.16 Å². The second-order valence-electron chi connectivity index (χ2n) is 6.68. The van der Waals surface area contributed by atoms with E-state index in [-0.39, 0.29) is 62.7 Å². The molecule has 5 heteroatoms. The topological polar surface area (TPSA) is 55.1 Å². The van der Waals surface area contributed by atoms with Gasteiger partial charge in [-0.1, -0.05) is 44.2 Å². The summed E-state index contributed by atoms with van der Waals surface area (Å²) in [5.74, 6) is 0.786. The van der Waals surface area contributed by atoms with Crippen molar-refractivity contribution in [3.63, 3.8) is 0 Å². The van der Waals surface area contributed by atoms with Crippen molar-refractivity contribution in [1.82, 2.24) is 5.16 Å². The van der Waals surface area contributed by atoms with E-state index >= 15 is 0 Å². The molecule has 0 spiro atoms. The minimum absolute atomic E-state index is 0. The van der Waals surface area contributed by atoms with Crippen LogP contribution in [0.2, 0.25) is 0 Å². The number of carbonyl (C=O) groups excluding carboxylic acids is 1. The molecule has 0 saturated carbocycles. The van der Waals surface area contributed by atoms with Crippen molar-refractivity contribution in [2.45, 2.75) is 33.1 Å². The van der Waals surface area contributed by atoms with Gasteiger partial charge in [-0.2, -0.15) is 24.3 Å². The number of nitrogens with zero attached hydrogens (tertiary/aromatic N) is 1. The zero-order valence-corrected chi connectivity index (χ0v) is 19.1. The van der Waals surface area contributed by atoms with Gasteiger partial charge in [0.05, 0.1) is 0 Å². The first-order chi connectivity index (χ1) is 11.9. The van der Waals surface area contributed by atoms with Gasteiger partial charge in [0.25, 0.3) is 5.91 Å². The molecular weight excluding hydrogens is 351 g/mol. The zero-order valence-electron chi connectivity index (χ0n) is 16.0. The van der Waals surface area contributed by atoms with E-state index in [9.17, 15) is 4.79 Å². The third-order valence-electron chi connectivity index (χ3n) is 3.42. The Morgan fingerprint density at radius 2 is 1.69 bits per heavy atom. The largest absolute Gasteiger partial charge is 1.00 e. The number of benzene rings is 2. The van der Waals surface area contributed by atoms with Crippen LogP contribution in [0.3, 0.4) is 0 Å². The van der Waals surface area contributed by atoms with E-state index in [1.54, 1.807) is 18.2 Å². The maximum Gasteiger partial charge on any atom is 1.00 e. The molecule has 0 bridgehead atoms. The van der Waals surface area contributed by atoms with E-state index in [0.717, 1.165) is 17.0 Å². The summed E-state index contributed by atoms with van der Waals surface area (Å²) in [4.78, 5) is 11.8. The number of carbonyl (C=O) groups is 1. The molecule has 0 aliphatic carbocycles. The molecule has 0 fully saturated rings. The van der Waals surface area contributed by atoms with Gasteiger partial charge in [-0.15, -0.1) is 18.3 Å². The Bertz CT molecular complexity index is 777. The summed E-state index contributed by atoms with van der Waals surface area (Å²) in [6.07, 6.45) is 2.62. The maximum absolute atomic E-state index is 11.8. The summed E-state index contributed by atoms with van der Waals surface area (Å²) >= 11 is 0. The Balaban J connectivity index is 0.000000290. The van der Waals surface area contributed by atoms with Crippen molar-refractivity contribution in [2.75, 3.05) is 5.32 Å². The molecule has 0 aliphatic heterocycles. The maximum atomic E-state index is 11.8. The standard InChI is InChI=1S/C14H12NO.C7H10NO.K/c1-11-7-9-12(10-8-11)14(16)15-13-5-3-2-4-6-13;1-7(2,3)6-4-5-8-9-6;/h3-10H,1H3,(H,15,16);4H,1-3H3;/q2*-1;+1. The van der Waals surface area contributed by atoms with E-state index in [1.807, 2.05) is 43.3 Å². The fraction of sp³-hybridized carbons (Fsp3) is 0.238. The summed E-state index contributed by atoms with van der Waals surface area (Å²) < 4.78 is 4.89. The van der Waals surface area contributed by atoms with Crippen molar-refractivity contribution in [2.24, 2.45) is 0 Å². The number of rotatable bonds is 2. The van der Waals surface area contributed by atoms with Crippen LogP contribution >= 0.6 is 0 Å². The monoisotopic (exact) mass is 373 g/mol. The second kappa shape index (κ2) is 10.8. The smallest absolute Gasteiger partial charge is 0.470 e. The second-order valence-corrected chi connectivity index (χ2v) is 6.68. The molecule has 130 valence electrons. The van der Waals surface area contributed by atoms with Gasteiger partial charge in [0.15, 0.2) is 0 Å². The number of amides is 1. The SMILES string of the molecule is CC(C)(C)c1c[c-]no1.Cc1ccc(C(=O)Nc2cc[c-]cc2)cc1.[K+]. The van der Waals surface area contributed by atoms with Crippen LogP contribution < -0.4 is 56.7 Å². The number of hydrogen-bond acceptors (Lipinski definition) is 3. The van der Waals surface area contributed by atoms with Crippen LogP contribution in [0.15, 0.2) is 59.1 Å². The van der Waals surface area contributed by atoms with Crippen LogP contribution in [0.5, 0.6) is 0 Å². The molecule has 0 aliphatic rings. The average Bonchev–Trinajstić information content (AvgIpc) is 3.12. The van der Waals surface area contributed by atoms with Crippen LogP contribution in [0.4, 0.5) is 5.69 Å². The molecular formula is C21H22KN2O2-. The van der Waals surface area contributed by atoms with Gasteiger partial charge >= 0.3 is 51.4 Å². The van der Waals surface area contributed by atoms with Crippen LogP contribution in [-0.4, -0.2) is 11.1 Å². The van der Waals surface area contributed by atoms with Crippen molar-refractivity contribution in [3.05, 3.63) is 83.7 Å². The van der Waals surface area contributed by atoms with E-state index in [2.05, 4.69) is 43.5 Å². The number of aromatic nitrogens is 1.